The summed E-state index contributed by atoms with van der Waals surface area (Å²) in [5, 5.41) is 5.72. The van der Waals surface area contributed by atoms with Crippen molar-refractivity contribution in [2.75, 3.05) is 5.73 Å². The summed E-state index contributed by atoms with van der Waals surface area (Å²) in [6.07, 6.45) is 8.95. The zero-order valence-electron chi connectivity index (χ0n) is 15.2. The molecule has 4 aromatic rings. The van der Waals surface area contributed by atoms with Gasteiger partial charge in [0, 0.05) is 17.1 Å². The highest BCUT2D eigenvalue weighted by atomic mass is 15.3. The first-order valence-corrected chi connectivity index (χ1v) is 9.56. The number of anilines is 1. The van der Waals surface area contributed by atoms with Crippen LogP contribution in [0.4, 0.5) is 5.82 Å². The number of benzene rings is 2. The molecule has 0 atom stereocenters. The molecule has 1 saturated carbocycles. The maximum absolute atomic E-state index is 6.06. The molecular formula is C23H22N4. The van der Waals surface area contributed by atoms with Gasteiger partial charge < -0.3 is 5.73 Å². The average Bonchev–Trinajstić information content (AvgIpc) is 3.44. The van der Waals surface area contributed by atoms with E-state index < -0.39 is 0 Å². The maximum atomic E-state index is 6.06. The lowest BCUT2D eigenvalue weighted by atomic mass is 10.0. The van der Waals surface area contributed by atoms with Gasteiger partial charge in [-0.25, -0.2) is 9.67 Å². The highest BCUT2D eigenvalue weighted by molar-refractivity contribution is 5.87. The Morgan fingerprint density at radius 3 is 2.67 bits per heavy atom. The number of fused-ring (bicyclic) bond motifs is 1. The summed E-state index contributed by atoms with van der Waals surface area (Å²) < 4.78 is 2.00. The molecule has 1 aliphatic rings. The Hall–Kier alpha value is -3.14. The summed E-state index contributed by atoms with van der Waals surface area (Å²) in [6, 6.07) is 19.0. The quantitative estimate of drug-likeness (QED) is 0.548. The van der Waals surface area contributed by atoms with E-state index in [-0.39, 0.29) is 0 Å². The van der Waals surface area contributed by atoms with E-state index in [1.54, 1.807) is 6.20 Å². The Labute approximate surface area is 158 Å². The molecule has 27 heavy (non-hydrogen) atoms. The smallest absolute Gasteiger partial charge is 0.131 e. The van der Waals surface area contributed by atoms with Gasteiger partial charge in [-0.15, -0.1) is 0 Å². The van der Waals surface area contributed by atoms with Crippen molar-refractivity contribution < 1.29 is 0 Å². The van der Waals surface area contributed by atoms with Crippen LogP contribution in [-0.2, 0) is 6.42 Å². The monoisotopic (exact) mass is 354 g/mol. The largest absolute Gasteiger partial charge is 0.383 e. The van der Waals surface area contributed by atoms with Crippen LogP contribution < -0.4 is 5.73 Å². The lowest BCUT2D eigenvalue weighted by Gasteiger charge is -2.08. The molecule has 0 spiro atoms. The van der Waals surface area contributed by atoms with E-state index in [4.69, 9.17) is 5.73 Å². The van der Waals surface area contributed by atoms with E-state index in [1.165, 1.54) is 31.2 Å². The third-order valence-corrected chi connectivity index (χ3v) is 5.44. The number of pyridine rings is 1. The summed E-state index contributed by atoms with van der Waals surface area (Å²) >= 11 is 0. The molecule has 2 heterocycles. The summed E-state index contributed by atoms with van der Waals surface area (Å²) in [7, 11) is 0. The van der Waals surface area contributed by atoms with E-state index in [1.807, 2.05) is 23.0 Å². The van der Waals surface area contributed by atoms with Crippen molar-refractivity contribution >= 4 is 16.7 Å². The highest BCUT2D eigenvalue weighted by Gasteiger charge is 2.20. The molecule has 4 heteroatoms. The number of nitrogens with two attached hydrogens (primary N) is 1. The molecule has 4 nitrogen and oxygen atoms in total. The van der Waals surface area contributed by atoms with Crippen LogP contribution in [0.5, 0.6) is 0 Å². The number of nitrogen functional groups attached to an aromatic ring is 1. The number of aromatic nitrogens is 3. The Kier molecular flexibility index (Phi) is 3.89. The Balaban J connectivity index is 1.49. The van der Waals surface area contributed by atoms with Gasteiger partial charge in [0.25, 0.3) is 0 Å². The van der Waals surface area contributed by atoms with E-state index in [9.17, 15) is 0 Å². The van der Waals surface area contributed by atoms with Gasteiger partial charge in [0.1, 0.15) is 5.82 Å². The molecule has 0 amide bonds. The Morgan fingerprint density at radius 1 is 1.04 bits per heavy atom. The van der Waals surface area contributed by atoms with E-state index >= 15 is 0 Å². The van der Waals surface area contributed by atoms with Crippen LogP contribution in [-0.4, -0.2) is 14.8 Å². The first-order valence-electron chi connectivity index (χ1n) is 9.56. The molecule has 2 aromatic heterocycles. The van der Waals surface area contributed by atoms with Crippen LogP contribution in [0, 0.1) is 5.92 Å². The molecule has 0 radical (unpaired) electrons. The van der Waals surface area contributed by atoms with Gasteiger partial charge in [-0.2, -0.15) is 5.10 Å². The third-order valence-electron chi connectivity index (χ3n) is 5.44. The van der Waals surface area contributed by atoms with Crippen LogP contribution in [0.25, 0.3) is 27.7 Å². The van der Waals surface area contributed by atoms with E-state index in [2.05, 4.69) is 52.5 Å². The van der Waals surface area contributed by atoms with Crippen LogP contribution in [0.15, 0.2) is 67.0 Å². The lowest BCUT2D eigenvalue weighted by Crippen LogP contribution is -1.97. The molecule has 1 fully saturated rings. The number of nitrogens with zero attached hydrogens (tertiary/aromatic N) is 3. The fourth-order valence-electron chi connectivity index (χ4n) is 3.63. The standard InChI is InChI=1S/C23H22N4/c24-23-21(2-1-13-25-23)18-9-10-19-15-26-27(22(19)14-18)20-11-7-17(8-12-20)6-5-16-3-4-16/h1-2,7-16H,3-6H2,(H2,24,25). The molecule has 2 N–H and O–H groups in total. The zero-order valence-corrected chi connectivity index (χ0v) is 15.2. The minimum absolute atomic E-state index is 0.544. The molecule has 0 aliphatic heterocycles. The second-order valence-corrected chi connectivity index (χ2v) is 7.41. The number of hydrogen-bond donors (Lipinski definition) is 1. The molecule has 134 valence electrons. The second-order valence-electron chi connectivity index (χ2n) is 7.41. The van der Waals surface area contributed by atoms with Crippen molar-refractivity contribution in [3.05, 3.63) is 72.6 Å². The molecule has 5 rings (SSSR count). The van der Waals surface area contributed by atoms with E-state index in [0.717, 1.165) is 33.6 Å². The predicted molar refractivity (Wildman–Crippen MR) is 110 cm³/mol. The molecular weight excluding hydrogens is 332 g/mol. The summed E-state index contributed by atoms with van der Waals surface area (Å²) in [6.45, 7) is 0. The van der Waals surface area contributed by atoms with Crippen molar-refractivity contribution in [3.8, 4) is 16.8 Å². The van der Waals surface area contributed by atoms with Crippen molar-refractivity contribution in [3.63, 3.8) is 0 Å². The fourth-order valence-corrected chi connectivity index (χ4v) is 3.63. The number of hydrogen-bond acceptors (Lipinski definition) is 3. The molecule has 0 bridgehead atoms. The van der Waals surface area contributed by atoms with Crippen molar-refractivity contribution in [1.29, 1.82) is 0 Å². The van der Waals surface area contributed by atoms with Crippen LogP contribution >= 0.6 is 0 Å². The Bertz CT molecular complexity index is 1090. The second kappa shape index (κ2) is 6.54. The van der Waals surface area contributed by atoms with Crippen molar-refractivity contribution in [2.24, 2.45) is 5.92 Å². The minimum Gasteiger partial charge on any atom is -0.383 e. The first kappa shape index (κ1) is 16.1. The van der Waals surface area contributed by atoms with Gasteiger partial charge in [-0.1, -0.05) is 37.1 Å². The Morgan fingerprint density at radius 2 is 1.89 bits per heavy atom. The fraction of sp³-hybridized carbons (Fsp3) is 0.217. The number of rotatable bonds is 5. The summed E-state index contributed by atoms with van der Waals surface area (Å²) in [5.41, 5.74) is 11.6. The molecule has 0 unspecified atom stereocenters. The van der Waals surface area contributed by atoms with Gasteiger partial charge >= 0.3 is 0 Å². The van der Waals surface area contributed by atoms with Crippen LogP contribution in [0.1, 0.15) is 24.8 Å². The van der Waals surface area contributed by atoms with Gasteiger partial charge in [0.2, 0.25) is 0 Å². The normalized spacial score (nSPS) is 13.9. The average molecular weight is 354 g/mol. The van der Waals surface area contributed by atoms with Gasteiger partial charge in [-0.05, 0) is 60.2 Å². The minimum atomic E-state index is 0.544. The predicted octanol–water partition coefficient (Wildman–Crippen LogP) is 5.01. The number of aryl methyl sites for hydroxylation is 1. The van der Waals surface area contributed by atoms with Gasteiger partial charge in [0.05, 0.1) is 17.4 Å². The first-order chi connectivity index (χ1) is 13.3. The summed E-state index contributed by atoms with van der Waals surface area (Å²) in [5.74, 6) is 1.51. The van der Waals surface area contributed by atoms with Crippen molar-refractivity contribution in [1.82, 2.24) is 14.8 Å². The third kappa shape index (κ3) is 3.19. The van der Waals surface area contributed by atoms with Crippen LogP contribution in [0.2, 0.25) is 0 Å². The van der Waals surface area contributed by atoms with Crippen LogP contribution in [0.3, 0.4) is 0 Å². The lowest BCUT2D eigenvalue weighted by molar-refractivity contribution is 0.726. The van der Waals surface area contributed by atoms with Gasteiger partial charge in [-0.3, -0.25) is 0 Å². The molecule has 0 saturated heterocycles. The zero-order chi connectivity index (χ0) is 18.2. The summed E-state index contributed by atoms with van der Waals surface area (Å²) in [4.78, 5) is 4.20. The molecule has 2 aromatic carbocycles. The SMILES string of the molecule is Nc1ncccc1-c1ccc2cnn(-c3ccc(CCC4CC4)cc3)c2c1. The van der Waals surface area contributed by atoms with E-state index in [0.29, 0.717) is 5.82 Å². The van der Waals surface area contributed by atoms with Gasteiger partial charge in [0.15, 0.2) is 0 Å². The highest BCUT2D eigenvalue weighted by Crippen LogP contribution is 2.33. The van der Waals surface area contributed by atoms with Crippen molar-refractivity contribution in [2.45, 2.75) is 25.7 Å². The molecule has 1 aliphatic carbocycles. The topological polar surface area (TPSA) is 56.7 Å². The maximum Gasteiger partial charge on any atom is 0.131 e.